The minimum atomic E-state index is -0.180. The normalized spacial score (nSPS) is 10.6. The van der Waals surface area contributed by atoms with E-state index in [1.165, 1.54) is 0 Å². The van der Waals surface area contributed by atoms with Crippen molar-refractivity contribution >= 4 is 28.1 Å². The molecule has 94 valence electrons. The van der Waals surface area contributed by atoms with Crippen molar-refractivity contribution in [2.45, 2.75) is 13.3 Å². The Kier molecular flexibility index (Phi) is 3.68. The maximum Gasteiger partial charge on any atom is 0.255 e. The summed E-state index contributed by atoms with van der Waals surface area (Å²) >= 11 is 8.15. The van der Waals surface area contributed by atoms with Gasteiger partial charge in [-0.3, -0.25) is 9.78 Å². The molecule has 0 aliphatic heterocycles. The van der Waals surface area contributed by atoms with Crippen LogP contribution in [0.5, 0.6) is 5.75 Å². The summed E-state index contributed by atoms with van der Waals surface area (Å²) in [6.45, 7) is 1.82. The summed E-state index contributed by atoms with van der Waals surface area (Å²) in [7, 11) is 0. The average Bonchev–Trinajstić information content (AvgIpc) is 2.28. The molecule has 0 aliphatic rings. The van der Waals surface area contributed by atoms with Crippen LogP contribution in [0.3, 0.4) is 0 Å². The number of hydrogen-bond acceptors (Lipinski definition) is 3. The monoisotopic (exact) mass is 326 g/mol. The summed E-state index contributed by atoms with van der Waals surface area (Å²) in [5, 5.41) is 9.42. The van der Waals surface area contributed by atoms with Crippen LogP contribution in [0.25, 0.3) is 0 Å². The van der Waals surface area contributed by atoms with Gasteiger partial charge in [0.05, 0.1) is 4.47 Å². The average molecular weight is 327 g/mol. The summed E-state index contributed by atoms with van der Waals surface area (Å²) in [6.07, 6.45) is 0.478. The van der Waals surface area contributed by atoms with E-state index in [1.54, 1.807) is 18.2 Å². The van der Waals surface area contributed by atoms with Crippen LogP contribution >= 0.6 is 28.1 Å². The number of nitrogens with one attached hydrogen (secondary N) is 2. The first-order chi connectivity index (χ1) is 8.47. The zero-order chi connectivity index (χ0) is 13.3. The van der Waals surface area contributed by atoms with E-state index in [4.69, 9.17) is 12.2 Å². The number of aromatic nitrogens is 2. The van der Waals surface area contributed by atoms with Gasteiger partial charge in [-0.05, 0) is 52.8 Å². The van der Waals surface area contributed by atoms with Gasteiger partial charge >= 0.3 is 0 Å². The van der Waals surface area contributed by atoms with E-state index >= 15 is 0 Å². The molecule has 0 saturated heterocycles. The molecule has 0 unspecified atom stereocenters. The topological polar surface area (TPSA) is 68.9 Å². The molecular weight excluding hydrogens is 316 g/mol. The number of hydrogen-bond donors (Lipinski definition) is 3. The molecule has 1 aromatic carbocycles. The number of H-pyrrole nitrogens is 2. The second-order valence-electron chi connectivity index (χ2n) is 3.97. The highest BCUT2D eigenvalue weighted by Gasteiger charge is 2.07. The van der Waals surface area contributed by atoms with Crippen LogP contribution in [-0.2, 0) is 6.42 Å². The predicted octanol–water partition coefficient (Wildman–Crippen LogP) is 2.80. The van der Waals surface area contributed by atoms with E-state index in [-0.39, 0.29) is 11.3 Å². The molecule has 1 heterocycles. The molecule has 4 nitrogen and oxygen atoms in total. The summed E-state index contributed by atoms with van der Waals surface area (Å²) in [6, 6.07) is 5.16. The van der Waals surface area contributed by atoms with Crippen molar-refractivity contribution in [3.05, 3.63) is 54.6 Å². The van der Waals surface area contributed by atoms with Gasteiger partial charge in [0.2, 0.25) is 0 Å². The molecule has 0 bridgehead atoms. The van der Waals surface area contributed by atoms with Gasteiger partial charge in [-0.25, -0.2) is 0 Å². The molecule has 0 spiro atoms. The summed E-state index contributed by atoms with van der Waals surface area (Å²) in [5.74, 6) is 0.178. The lowest BCUT2D eigenvalue weighted by Gasteiger charge is -2.06. The quantitative estimate of drug-likeness (QED) is 0.743. The molecule has 0 fully saturated rings. The van der Waals surface area contributed by atoms with Crippen molar-refractivity contribution < 1.29 is 5.11 Å². The van der Waals surface area contributed by atoms with Gasteiger partial charge < -0.3 is 10.1 Å². The zero-order valence-electron chi connectivity index (χ0n) is 9.58. The Morgan fingerprint density at radius 1 is 1.39 bits per heavy atom. The number of aryl methyl sites for hydroxylation is 1. The third kappa shape index (κ3) is 2.70. The number of aromatic amines is 2. The number of phenolic OH excluding ortho intramolecular Hbond substituents is 1. The van der Waals surface area contributed by atoms with Gasteiger partial charge in [0.25, 0.3) is 5.56 Å². The van der Waals surface area contributed by atoms with Crippen LogP contribution in [0, 0.1) is 11.7 Å². The first-order valence-corrected chi connectivity index (χ1v) is 6.47. The Balaban J connectivity index is 2.43. The van der Waals surface area contributed by atoms with Gasteiger partial charge in [0, 0.05) is 17.7 Å². The molecule has 1 aromatic heterocycles. The summed E-state index contributed by atoms with van der Waals surface area (Å²) in [4.78, 5) is 17.3. The lowest BCUT2D eigenvalue weighted by atomic mass is 10.1. The Morgan fingerprint density at radius 3 is 2.72 bits per heavy atom. The number of halogens is 1. The number of phenols is 1. The summed E-state index contributed by atoms with van der Waals surface area (Å²) < 4.78 is 0.936. The highest BCUT2D eigenvalue weighted by molar-refractivity contribution is 9.10. The second-order valence-corrected chi connectivity index (χ2v) is 5.24. The van der Waals surface area contributed by atoms with Crippen molar-refractivity contribution in [1.82, 2.24) is 9.97 Å². The van der Waals surface area contributed by atoms with Crippen LogP contribution in [0.15, 0.2) is 27.5 Å². The van der Waals surface area contributed by atoms with E-state index in [0.717, 1.165) is 11.3 Å². The van der Waals surface area contributed by atoms with Crippen LogP contribution in [0.1, 0.15) is 16.8 Å². The van der Waals surface area contributed by atoms with Crippen LogP contribution in [0.2, 0.25) is 0 Å². The van der Waals surface area contributed by atoms with Gasteiger partial charge in [-0.15, -0.1) is 0 Å². The van der Waals surface area contributed by atoms with E-state index in [0.29, 0.717) is 21.2 Å². The first kappa shape index (κ1) is 13.0. The fourth-order valence-corrected chi connectivity index (χ4v) is 2.38. The van der Waals surface area contributed by atoms with E-state index < -0.39 is 0 Å². The Bertz CT molecular complexity index is 706. The van der Waals surface area contributed by atoms with E-state index in [2.05, 4.69) is 25.9 Å². The molecule has 0 saturated carbocycles. The third-order valence-electron chi connectivity index (χ3n) is 2.65. The van der Waals surface area contributed by atoms with Gasteiger partial charge in [-0.2, -0.15) is 0 Å². The van der Waals surface area contributed by atoms with Gasteiger partial charge in [0.1, 0.15) is 5.75 Å². The maximum absolute atomic E-state index is 11.8. The first-order valence-electron chi connectivity index (χ1n) is 5.27. The number of aromatic hydroxyl groups is 1. The molecule has 0 aliphatic carbocycles. The van der Waals surface area contributed by atoms with Crippen LogP contribution in [0.4, 0.5) is 0 Å². The van der Waals surface area contributed by atoms with Crippen LogP contribution < -0.4 is 5.56 Å². The fraction of sp³-hybridized carbons (Fsp3) is 0.167. The molecule has 2 aromatic rings. The van der Waals surface area contributed by atoms with Crippen molar-refractivity contribution in [3.8, 4) is 5.75 Å². The maximum atomic E-state index is 11.8. The van der Waals surface area contributed by atoms with E-state index in [1.807, 2.05) is 6.92 Å². The molecular formula is C12H11BrN2O2S. The number of benzene rings is 1. The lowest BCUT2D eigenvalue weighted by Crippen LogP contribution is -2.16. The van der Waals surface area contributed by atoms with Crippen molar-refractivity contribution in [2.75, 3.05) is 0 Å². The van der Waals surface area contributed by atoms with Crippen molar-refractivity contribution in [3.63, 3.8) is 0 Å². The zero-order valence-corrected chi connectivity index (χ0v) is 12.0. The highest BCUT2D eigenvalue weighted by Crippen LogP contribution is 2.25. The smallest absolute Gasteiger partial charge is 0.255 e. The molecule has 6 heteroatoms. The largest absolute Gasteiger partial charge is 0.507 e. The Morgan fingerprint density at radius 2 is 2.11 bits per heavy atom. The third-order valence-corrected chi connectivity index (χ3v) is 3.49. The Labute approximate surface area is 117 Å². The Hall–Kier alpha value is -1.40. The molecule has 0 radical (unpaired) electrons. The minimum absolute atomic E-state index is 0.178. The van der Waals surface area contributed by atoms with Gasteiger partial charge in [-0.1, -0.05) is 6.07 Å². The lowest BCUT2D eigenvalue weighted by molar-refractivity contribution is 0.471. The molecule has 18 heavy (non-hydrogen) atoms. The standard InChI is InChI=1S/C12H11BrN2O2S/c1-6-8(11(17)15-12(18)14-6)4-7-2-3-10(16)9(13)5-7/h2-3,5,16H,4H2,1H3,(H2,14,15,17,18). The highest BCUT2D eigenvalue weighted by atomic mass is 79.9. The number of rotatable bonds is 2. The molecule has 3 N–H and O–H groups in total. The predicted molar refractivity (Wildman–Crippen MR) is 75.6 cm³/mol. The molecule has 0 amide bonds. The fourth-order valence-electron chi connectivity index (χ4n) is 1.70. The van der Waals surface area contributed by atoms with Crippen molar-refractivity contribution in [1.29, 1.82) is 0 Å². The summed E-state index contributed by atoms with van der Waals surface area (Å²) in [5.41, 5.74) is 2.15. The minimum Gasteiger partial charge on any atom is -0.507 e. The van der Waals surface area contributed by atoms with Gasteiger partial charge in [0.15, 0.2) is 4.77 Å². The molecule has 2 rings (SSSR count). The van der Waals surface area contributed by atoms with Crippen LogP contribution in [-0.4, -0.2) is 15.1 Å². The SMILES string of the molecule is Cc1[nH]c(=S)[nH]c(=O)c1Cc1ccc(O)c(Br)c1. The van der Waals surface area contributed by atoms with Crippen molar-refractivity contribution in [2.24, 2.45) is 0 Å². The molecule has 0 atom stereocenters. The van der Waals surface area contributed by atoms with E-state index in [9.17, 15) is 9.90 Å². The second kappa shape index (κ2) is 5.07.